The van der Waals surface area contributed by atoms with Gasteiger partial charge >= 0.3 is 0 Å². The summed E-state index contributed by atoms with van der Waals surface area (Å²) in [6.45, 7) is 4.97. The normalized spacial score (nSPS) is 12.5. The maximum Gasteiger partial charge on any atom is 0.119 e. The van der Waals surface area contributed by atoms with E-state index in [-0.39, 0.29) is 0 Å². The van der Waals surface area contributed by atoms with Crippen molar-refractivity contribution in [2.24, 2.45) is 12.8 Å². The minimum absolute atomic E-state index is 0.306. The first kappa shape index (κ1) is 16.6. The molecule has 0 aliphatic carbocycles. The van der Waals surface area contributed by atoms with Crippen LogP contribution in [0, 0.1) is 13.8 Å². The van der Waals surface area contributed by atoms with E-state index in [9.17, 15) is 0 Å². The van der Waals surface area contributed by atoms with E-state index in [1.807, 2.05) is 6.07 Å². The maximum atomic E-state index is 6.15. The van der Waals surface area contributed by atoms with Gasteiger partial charge in [0.05, 0.1) is 7.11 Å². The Kier molecular flexibility index (Phi) is 4.63. The Morgan fingerprint density at radius 2 is 1.88 bits per heavy atom. The fraction of sp³-hybridized carbons (Fsp3) is 0.333. The van der Waals surface area contributed by atoms with Gasteiger partial charge in [-0.25, -0.2) is 0 Å². The molecule has 1 unspecified atom stereocenters. The summed E-state index contributed by atoms with van der Waals surface area (Å²) in [5.41, 5.74) is 12.7. The lowest BCUT2D eigenvalue weighted by Crippen LogP contribution is -2.16. The molecule has 0 amide bonds. The van der Waals surface area contributed by atoms with Crippen molar-refractivity contribution >= 4 is 10.9 Å². The number of nitrogens with zero attached hydrogens (tertiary/aromatic N) is 1. The van der Waals surface area contributed by atoms with Crippen molar-refractivity contribution in [3.63, 3.8) is 0 Å². The molecule has 3 heteroatoms. The number of hydrogen-bond acceptors (Lipinski definition) is 2. The van der Waals surface area contributed by atoms with Crippen LogP contribution in [0.1, 0.15) is 28.3 Å². The third kappa shape index (κ3) is 2.80. The van der Waals surface area contributed by atoms with E-state index >= 15 is 0 Å². The molecule has 3 nitrogen and oxygen atoms in total. The Morgan fingerprint density at radius 3 is 2.54 bits per heavy atom. The third-order valence-electron chi connectivity index (χ3n) is 5.18. The van der Waals surface area contributed by atoms with Gasteiger partial charge in [-0.1, -0.05) is 24.3 Å². The summed E-state index contributed by atoms with van der Waals surface area (Å²) in [5, 5.41) is 1.34. The second kappa shape index (κ2) is 6.70. The molecule has 24 heavy (non-hydrogen) atoms. The molecular formula is C21H26N2O. The zero-order chi connectivity index (χ0) is 17.3. The van der Waals surface area contributed by atoms with Crippen molar-refractivity contribution in [3.05, 3.63) is 64.8 Å². The molecule has 0 fully saturated rings. The topological polar surface area (TPSA) is 40.2 Å². The summed E-state index contributed by atoms with van der Waals surface area (Å²) < 4.78 is 7.60. The molecular weight excluding hydrogens is 296 g/mol. The first-order valence-corrected chi connectivity index (χ1v) is 8.44. The minimum atomic E-state index is 0.306. The van der Waals surface area contributed by atoms with Gasteiger partial charge in [0, 0.05) is 29.6 Å². The number of para-hydroxylation sites is 1. The van der Waals surface area contributed by atoms with Crippen molar-refractivity contribution in [1.82, 2.24) is 4.57 Å². The summed E-state index contributed by atoms with van der Waals surface area (Å²) in [6, 6.07) is 14.9. The zero-order valence-electron chi connectivity index (χ0n) is 15.0. The smallest absolute Gasteiger partial charge is 0.119 e. The van der Waals surface area contributed by atoms with Crippen LogP contribution >= 0.6 is 0 Å². The molecule has 0 bridgehead atoms. The van der Waals surface area contributed by atoms with E-state index in [4.69, 9.17) is 10.5 Å². The van der Waals surface area contributed by atoms with Crippen molar-refractivity contribution in [2.45, 2.75) is 26.2 Å². The monoisotopic (exact) mass is 322 g/mol. The first-order chi connectivity index (χ1) is 11.6. The number of fused-ring (bicyclic) bond motifs is 1. The van der Waals surface area contributed by atoms with Gasteiger partial charge in [0.15, 0.2) is 0 Å². The number of ether oxygens (including phenoxy) is 1. The van der Waals surface area contributed by atoms with E-state index in [2.05, 4.69) is 61.9 Å². The summed E-state index contributed by atoms with van der Waals surface area (Å²) >= 11 is 0. The highest BCUT2D eigenvalue weighted by molar-refractivity contribution is 5.85. The Morgan fingerprint density at radius 1 is 1.12 bits per heavy atom. The summed E-state index contributed by atoms with van der Waals surface area (Å²) in [4.78, 5) is 0. The van der Waals surface area contributed by atoms with Crippen LogP contribution in [-0.4, -0.2) is 18.2 Å². The fourth-order valence-corrected chi connectivity index (χ4v) is 3.66. The van der Waals surface area contributed by atoms with E-state index in [1.165, 1.54) is 33.3 Å². The third-order valence-corrected chi connectivity index (χ3v) is 5.18. The highest BCUT2D eigenvalue weighted by Crippen LogP contribution is 2.32. The number of benzene rings is 2. The van der Waals surface area contributed by atoms with E-state index in [0.29, 0.717) is 12.5 Å². The van der Waals surface area contributed by atoms with E-state index in [1.54, 1.807) is 7.11 Å². The van der Waals surface area contributed by atoms with Gasteiger partial charge in [0.25, 0.3) is 0 Å². The largest absolute Gasteiger partial charge is 0.497 e. The van der Waals surface area contributed by atoms with Gasteiger partial charge < -0.3 is 15.0 Å². The molecule has 2 aromatic carbocycles. The predicted octanol–water partition coefficient (Wildman–Crippen LogP) is 4.09. The lowest BCUT2D eigenvalue weighted by molar-refractivity contribution is 0.414. The Labute approximate surface area is 144 Å². The quantitative estimate of drug-likeness (QED) is 0.768. The van der Waals surface area contributed by atoms with Crippen molar-refractivity contribution in [2.75, 3.05) is 13.7 Å². The summed E-state index contributed by atoms with van der Waals surface area (Å²) in [7, 11) is 3.84. The Bertz CT molecular complexity index is 864. The fourth-order valence-electron chi connectivity index (χ4n) is 3.66. The average Bonchev–Trinajstić information content (AvgIpc) is 2.84. The van der Waals surface area contributed by atoms with Crippen LogP contribution in [0.3, 0.4) is 0 Å². The Balaban J connectivity index is 2.01. The van der Waals surface area contributed by atoms with Gasteiger partial charge in [-0.15, -0.1) is 0 Å². The van der Waals surface area contributed by atoms with Crippen LogP contribution in [0.4, 0.5) is 0 Å². The van der Waals surface area contributed by atoms with E-state index < -0.39 is 0 Å². The molecule has 3 rings (SSSR count). The number of hydrogen-bond donors (Lipinski definition) is 1. The van der Waals surface area contributed by atoms with Gasteiger partial charge in [-0.2, -0.15) is 0 Å². The van der Waals surface area contributed by atoms with Gasteiger partial charge in [0.1, 0.15) is 5.75 Å². The molecule has 1 aromatic heterocycles. The van der Waals surface area contributed by atoms with Crippen LogP contribution in [0.2, 0.25) is 0 Å². The number of rotatable bonds is 5. The van der Waals surface area contributed by atoms with Gasteiger partial charge in [-0.05, 0) is 61.7 Å². The van der Waals surface area contributed by atoms with Crippen LogP contribution in [0.25, 0.3) is 10.9 Å². The predicted molar refractivity (Wildman–Crippen MR) is 101 cm³/mol. The maximum absolute atomic E-state index is 6.15. The van der Waals surface area contributed by atoms with E-state index in [0.717, 1.165) is 12.2 Å². The average molecular weight is 322 g/mol. The molecule has 2 N–H and O–H groups in total. The number of methoxy groups -OCH3 is 1. The SMILES string of the molecule is COc1ccc(C(CN)Cc2c(C)n(C)c3ccccc23)c(C)c1. The molecule has 1 heterocycles. The van der Waals surface area contributed by atoms with Crippen LogP contribution in [0.15, 0.2) is 42.5 Å². The molecule has 1 atom stereocenters. The second-order valence-corrected chi connectivity index (χ2v) is 6.50. The number of aromatic nitrogens is 1. The van der Waals surface area contributed by atoms with Crippen molar-refractivity contribution < 1.29 is 4.74 Å². The van der Waals surface area contributed by atoms with Crippen LogP contribution in [0.5, 0.6) is 5.75 Å². The second-order valence-electron chi connectivity index (χ2n) is 6.50. The van der Waals surface area contributed by atoms with Crippen molar-refractivity contribution in [1.29, 1.82) is 0 Å². The lowest BCUT2D eigenvalue weighted by Gasteiger charge is -2.19. The van der Waals surface area contributed by atoms with Crippen LogP contribution < -0.4 is 10.5 Å². The van der Waals surface area contributed by atoms with Gasteiger partial charge in [-0.3, -0.25) is 0 Å². The molecule has 126 valence electrons. The molecule has 0 aliphatic rings. The molecule has 0 spiro atoms. The number of aryl methyl sites for hydroxylation is 2. The first-order valence-electron chi connectivity index (χ1n) is 8.44. The van der Waals surface area contributed by atoms with Crippen LogP contribution in [-0.2, 0) is 13.5 Å². The standard InChI is InChI=1S/C21H26N2O/c1-14-11-17(24-4)9-10-18(14)16(13-22)12-20-15(2)23(3)21-8-6-5-7-19(20)21/h5-11,16H,12-13,22H2,1-4H3. The zero-order valence-corrected chi connectivity index (χ0v) is 15.0. The molecule has 0 saturated heterocycles. The van der Waals surface area contributed by atoms with Crippen molar-refractivity contribution in [3.8, 4) is 5.75 Å². The Hall–Kier alpha value is -2.26. The molecule has 0 saturated carbocycles. The highest BCUT2D eigenvalue weighted by atomic mass is 16.5. The number of nitrogens with two attached hydrogens (primary N) is 1. The van der Waals surface area contributed by atoms with Gasteiger partial charge in [0.2, 0.25) is 0 Å². The minimum Gasteiger partial charge on any atom is -0.497 e. The highest BCUT2D eigenvalue weighted by Gasteiger charge is 2.19. The molecule has 3 aromatic rings. The summed E-state index contributed by atoms with van der Waals surface area (Å²) in [6.07, 6.45) is 0.955. The summed E-state index contributed by atoms with van der Waals surface area (Å²) in [5.74, 6) is 1.20. The lowest BCUT2D eigenvalue weighted by atomic mass is 9.88. The molecule has 0 aliphatic heterocycles. The molecule has 0 radical (unpaired) electrons.